The largest absolute Gasteiger partial charge is 0.457 e. The van der Waals surface area contributed by atoms with Gasteiger partial charge in [0, 0.05) is 7.05 Å². The molecule has 0 saturated heterocycles. The molecule has 0 aliphatic heterocycles. The van der Waals surface area contributed by atoms with E-state index in [0.717, 1.165) is 11.8 Å². The van der Waals surface area contributed by atoms with Gasteiger partial charge in [-0.15, -0.1) is 0 Å². The highest BCUT2D eigenvalue weighted by molar-refractivity contribution is 6.23. The Hall–Kier alpha value is -1.84. The normalized spacial score (nSPS) is 18.9. The van der Waals surface area contributed by atoms with E-state index in [9.17, 15) is 29.4 Å². The van der Waals surface area contributed by atoms with E-state index >= 15 is 0 Å². The van der Waals surface area contributed by atoms with Crippen molar-refractivity contribution in [1.82, 2.24) is 10.2 Å². The van der Waals surface area contributed by atoms with Gasteiger partial charge < -0.3 is 25.2 Å². The van der Waals surface area contributed by atoms with Gasteiger partial charge in [0.15, 0.2) is 11.3 Å². The minimum absolute atomic E-state index is 0.274. The minimum Gasteiger partial charge on any atom is -0.457 e. The van der Waals surface area contributed by atoms with Crippen molar-refractivity contribution in [2.24, 2.45) is 5.92 Å². The average molecular weight is 431 g/mol. The number of aliphatic hydroxyl groups excluding tert-OH is 1. The first kappa shape index (κ1) is 28.2. The summed E-state index contributed by atoms with van der Waals surface area (Å²) in [5, 5.41) is 23.6. The van der Waals surface area contributed by atoms with Crippen LogP contribution in [0.2, 0.25) is 0 Å². The lowest BCUT2D eigenvalue weighted by Crippen LogP contribution is -2.73. The van der Waals surface area contributed by atoms with Gasteiger partial charge in [0.1, 0.15) is 11.7 Å². The number of ether oxygens (including phenoxy) is 1. The number of carbonyl (C=O) groups is 4. The molecule has 9 nitrogen and oxygen atoms in total. The molecule has 0 aromatic rings. The van der Waals surface area contributed by atoms with Crippen molar-refractivity contribution in [1.29, 1.82) is 0 Å². The summed E-state index contributed by atoms with van der Waals surface area (Å²) < 4.78 is 5.20. The average Bonchev–Trinajstić information content (AvgIpc) is 2.64. The number of ketones is 2. The summed E-state index contributed by atoms with van der Waals surface area (Å²) in [5.74, 6) is -4.78. The van der Waals surface area contributed by atoms with Crippen LogP contribution in [0.15, 0.2) is 0 Å². The van der Waals surface area contributed by atoms with Gasteiger partial charge in [0.2, 0.25) is 11.4 Å². The number of hydrogen-bond acceptors (Lipinski definition) is 8. The zero-order valence-corrected chi connectivity index (χ0v) is 19.8. The Morgan fingerprint density at radius 3 is 1.87 bits per heavy atom. The molecular formula is C21H38N2O7. The molecule has 1 amide bonds. The van der Waals surface area contributed by atoms with Gasteiger partial charge >= 0.3 is 5.97 Å². The molecule has 0 spiro atoms. The standard InChI is InChI=1S/C21H38N2O7/c1-11-12(2)21(15(25)13(3)22-9,23(10)16(26)14(4)24)17(27)20(8,29)18(28)30-19(5,6)7/h12-14,22,24,29H,11H2,1-10H3/t12-,13-,14+,20-,21+/m0/s1. The molecule has 0 aliphatic carbocycles. The van der Waals surface area contributed by atoms with Crippen LogP contribution in [0.5, 0.6) is 0 Å². The highest BCUT2D eigenvalue weighted by atomic mass is 16.6. The molecule has 9 heteroatoms. The minimum atomic E-state index is -2.72. The number of hydrogen-bond donors (Lipinski definition) is 3. The van der Waals surface area contributed by atoms with Crippen LogP contribution < -0.4 is 5.32 Å². The van der Waals surface area contributed by atoms with Crippen LogP contribution in [0, 0.1) is 5.92 Å². The number of Topliss-reactive ketones (excluding diaryl/α,β-unsaturated/α-hetero) is 2. The van der Waals surface area contributed by atoms with E-state index < -0.39 is 58.2 Å². The van der Waals surface area contributed by atoms with E-state index in [4.69, 9.17) is 4.74 Å². The Balaban J connectivity index is 6.92. The molecule has 174 valence electrons. The quantitative estimate of drug-likeness (QED) is 0.336. The molecule has 3 N–H and O–H groups in total. The van der Waals surface area contributed by atoms with Gasteiger partial charge in [-0.05, 0) is 54.5 Å². The zero-order chi connectivity index (χ0) is 24.2. The number of nitrogens with one attached hydrogen (secondary N) is 1. The molecule has 0 unspecified atom stereocenters. The zero-order valence-electron chi connectivity index (χ0n) is 19.8. The smallest absolute Gasteiger partial charge is 0.346 e. The fraction of sp³-hybridized carbons (Fsp3) is 0.810. The monoisotopic (exact) mass is 430 g/mol. The lowest BCUT2D eigenvalue weighted by atomic mass is 9.68. The second-order valence-electron chi connectivity index (χ2n) is 8.93. The van der Waals surface area contributed by atoms with E-state index in [1.807, 2.05) is 0 Å². The summed E-state index contributed by atoms with van der Waals surface area (Å²) in [5.41, 5.74) is -5.93. The maximum atomic E-state index is 13.8. The first-order chi connectivity index (χ1) is 13.4. The highest BCUT2D eigenvalue weighted by Gasteiger charge is 2.62. The van der Waals surface area contributed by atoms with Crippen LogP contribution in [0.25, 0.3) is 0 Å². The highest BCUT2D eigenvalue weighted by Crippen LogP contribution is 2.35. The van der Waals surface area contributed by atoms with Crippen LogP contribution >= 0.6 is 0 Å². The van der Waals surface area contributed by atoms with Crippen LogP contribution in [0.3, 0.4) is 0 Å². The second kappa shape index (κ2) is 9.98. The summed E-state index contributed by atoms with van der Waals surface area (Å²) >= 11 is 0. The van der Waals surface area contributed by atoms with Crippen LogP contribution in [0.1, 0.15) is 61.8 Å². The van der Waals surface area contributed by atoms with E-state index in [2.05, 4.69) is 5.32 Å². The molecule has 0 bridgehead atoms. The summed E-state index contributed by atoms with van der Waals surface area (Å²) in [6.45, 7) is 11.7. The fourth-order valence-electron chi connectivity index (χ4n) is 3.28. The molecule has 0 aromatic carbocycles. The van der Waals surface area contributed by atoms with Crippen LogP contribution in [-0.4, -0.2) is 81.5 Å². The fourth-order valence-corrected chi connectivity index (χ4v) is 3.28. The first-order valence-corrected chi connectivity index (χ1v) is 10.1. The number of esters is 1. The van der Waals surface area contributed by atoms with Crippen LogP contribution in [-0.2, 0) is 23.9 Å². The molecule has 0 saturated carbocycles. The van der Waals surface area contributed by atoms with Crippen LogP contribution in [0.4, 0.5) is 0 Å². The number of amides is 1. The maximum Gasteiger partial charge on any atom is 0.346 e. The lowest BCUT2D eigenvalue weighted by molar-refractivity contribution is -0.185. The van der Waals surface area contributed by atoms with Crippen molar-refractivity contribution in [2.45, 2.75) is 90.7 Å². The molecule has 0 fully saturated rings. The molecule has 0 aliphatic rings. The van der Waals surface area contributed by atoms with Gasteiger partial charge in [-0.25, -0.2) is 4.79 Å². The molecular weight excluding hydrogens is 392 g/mol. The van der Waals surface area contributed by atoms with Crippen molar-refractivity contribution >= 4 is 23.4 Å². The number of aliphatic hydroxyl groups is 2. The maximum absolute atomic E-state index is 13.8. The Labute approximate surface area is 179 Å². The first-order valence-electron chi connectivity index (χ1n) is 10.1. The van der Waals surface area contributed by atoms with Gasteiger partial charge in [-0.2, -0.15) is 0 Å². The van der Waals surface area contributed by atoms with E-state index in [0.29, 0.717) is 0 Å². The number of carbonyl (C=O) groups excluding carboxylic acids is 4. The van der Waals surface area contributed by atoms with Crippen molar-refractivity contribution in [2.75, 3.05) is 14.1 Å². The summed E-state index contributed by atoms with van der Waals surface area (Å²) in [6, 6.07) is -0.887. The SMILES string of the molecule is CC[C@H](C)[C@@](C(=O)[C@H](C)NC)(C(=O)[C@](C)(O)C(=O)OC(C)(C)C)N(C)C(=O)[C@@H](C)O. The molecule has 0 rings (SSSR count). The lowest BCUT2D eigenvalue weighted by Gasteiger charge is -2.47. The number of rotatable bonds is 10. The predicted molar refractivity (Wildman–Crippen MR) is 112 cm³/mol. The molecule has 0 heterocycles. The van der Waals surface area contributed by atoms with E-state index in [-0.39, 0.29) is 6.42 Å². The topological polar surface area (TPSA) is 133 Å². The third-order valence-corrected chi connectivity index (χ3v) is 5.33. The Morgan fingerprint density at radius 2 is 1.53 bits per heavy atom. The van der Waals surface area contributed by atoms with Gasteiger partial charge in [-0.3, -0.25) is 14.4 Å². The molecule has 5 atom stereocenters. The summed E-state index contributed by atoms with van der Waals surface area (Å²) in [4.78, 5) is 53.6. The third kappa shape index (κ3) is 5.44. The van der Waals surface area contributed by atoms with E-state index in [1.165, 1.54) is 27.9 Å². The Kier molecular flexibility index (Phi) is 9.37. The summed E-state index contributed by atoms with van der Waals surface area (Å²) in [6.07, 6.45) is -1.23. The van der Waals surface area contributed by atoms with Crippen molar-refractivity contribution in [3.63, 3.8) is 0 Å². The molecule has 0 aromatic heterocycles. The predicted octanol–water partition coefficient (Wildman–Crippen LogP) is 0.449. The Bertz CT molecular complexity index is 667. The summed E-state index contributed by atoms with van der Waals surface area (Å²) in [7, 11) is 2.72. The Morgan fingerprint density at radius 1 is 1.07 bits per heavy atom. The van der Waals surface area contributed by atoms with Crippen molar-refractivity contribution < 1.29 is 34.1 Å². The van der Waals surface area contributed by atoms with Crippen molar-refractivity contribution in [3.8, 4) is 0 Å². The van der Waals surface area contributed by atoms with Gasteiger partial charge in [0.05, 0.1) is 6.04 Å². The number of likely N-dealkylation sites (N-methyl/N-ethyl adjacent to an activating group) is 2. The number of nitrogens with zero attached hydrogens (tertiary/aromatic N) is 1. The van der Waals surface area contributed by atoms with Gasteiger partial charge in [0.25, 0.3) is 5.91 Å². The molecule has 30 heavy (non-hydrogen) atoms. The van der Waals surface area contributed by atoms with E-state index in [1.54, 1.807) is 34.6 Å². The molecule has 0 radical (unpaired) electrons. The third-order valence-electron chi connectivity index (χ3n) is 5.33. The second-order valence-corrected chi connectivity index (χ2v) is 8.93. The van der Waals surface area contributed by atoms with Gasteiger partial charge in [-0.1, -0.05) is 20.3 Å². The van der Waals surface area contributed by atoms with Crippen molar-refractivity contribution in [3.05, 3.63) is 0 Å².